The lowest BCUT2D eigenvalue weighted by Gasteiger charge is -2.23. The zero-order valence-corrected chi connectivity index (χ0v) is 15.3. The van der Waals surface area contributed by atoms with E-state index in [-0.39, 0.29) is 11.9 Å². The van der Waals surface area contributed by atoms with Gasteiger partial charge in [-0.15, -0.1) is 11.3 Å². The molecular formula is C19H21N3O2S. The summed E-state index contributed by atoms with van der Waals surface area (Å²) in [5, 5.41) is 3.47. The van der Waals surface area contributed by atoms with E-state index in [1.807, 2.05) is 50.4 Å². The van der Waals surface area contributed by atoms with Crippen LogP contribution in [-0.4, -0.2) is 22.8 Å². The highest BCUT2D eigenvalue weighted by Crippen LogP contribution is 2.22. The molecule has 2 heterocycles. The summed E-state index contributed by atoms with van der Waals surface area (Å²) in [5.41, 5.74) is 1.70. The maximum absolute atomic E-state index is 12.4. The number of benzene rings is 1. The summed E-state index contributed by atoms with van der Waals surface area (Å²) in [6, 6.07) is 11.7. The van der Waals surface area contributed by atoms with Crippen molar-refractivity contribution in [2.75, 3.05) is 12.4 Å². The molecule has 0 saturated heterocycles. The average molecular weight is 355 g/mol. The van der Waals surface area contributed by atoms with Gasteiger partial charge >= 0.3 is 0 Å². The van der Waals surface area contributed by atoms with Crippen molar-refractivity contribution in [1.82, 2.24) is 9.88 Å². The molecule has 0 aliphatic rings. The third-order valence-electron chi connectivity index (χ3n) is 4.08. The molecule has 6 heteroatoms. The number of nitrogens with one attached hydrogen (secondary N) is 1. The molecule has 1 N–H and O–H groups in total. The zero-order chi connectivity index (χ0) is 17.8. The Hall–Kier alpha value is -2.44. The van der Waals surface area contributed by atoms with Crippen molar-refractivity contribution < 1.29 is 9.21 Å². The van der Waals surface area contributed by atoms with Crippen LogP contribution in [0.2, 0.25) is 0 Å². The largest absolute Gasteiger partial charge is 0.468 e. The van der Waals surface area contributed by atoms with Gasteiger partial charge in [0.25, 0.3) is 5.91 Å². The fraction of sp³-hybridized carbons (Fsp3) is 0.263. The molecule has 3 rings (SSSR count). The molecule has 0 unspecified atom stereocenters. The number of amides is 1. The first-order chi connectivity index (χ1) is 12.0. The van der Waals surface area contributed by atoms with Gasteiger partial charge < -0.3 is 4.42 Å². The minimum Gasteiger partial charge on any atom is -0.468 e. The van der Waals surface area contributed by atoms with Gasteiger partial charge in [0.1, 0.15) is 5.76 Å². The van der Waals surface area contributed by atoms with Crippen molar-refractivity contribution in [2.24, 2.45) is 0 Å². The predicted octanol–water partition coefficient (Wildman–Crippen LogP) is 4.49. The summed E-state index contributed by atoms with van der Waals surface area (Å²) >= 11 is 1.47. The molecule has 2 aromatic heterocycles. The van der Waals surface area contributed by atoms with Gasteiger partial charge in [-0.3, -0.25) is 15.0 Å². The highest BCUT2D eigenvalue weighted by molar-refractivity contribution is 7.15. The molecule has 0 fully saturated rings. The number of carbonyl (C=O) groups is 1. The Morgan fingerprint density at radius 2 is 2.20 bits per heavy atom. The number of aryl methyl sites for hydroxylation is 1. The van der Waals surface area contributed by atoms with Gasteiger partial charge in [0.05, 0.1) is 12.3 Å². The third kappa shape index (κ3) is 4.35. The third-order valence-corrected chi connectivity index (χ3v) is 4.91. The van der Waals surface area contributed by atoms with Crippen LogP contribution in [0.4, 0.5) is 5.13 Å². The Bertz CT molecular complexity index is 842. The Morgan fingerprint density at radius 1 is 1.36 bits per heavy atom. The number of aromatic nitrogens is 1. The number of hydrogen-bond acceptors (Lipinski definition) is 5. The number of furan rings is 1. The van der Waals surface area contributed by atoms with Crippen LogP contribution >= 0.6 is 11.3 Å². The Kier molecular flexibility index (Phi) is 5.31. The van der Waals surface area contributed by atoms with Crippen molar-refractivity contribution in [1.29, 1.82) is 0 Å². The second-order valence-corrected chi connectivity index (χ2v) is 7.27. The van der Waals surface area contributed by atoms with Crippen LogP contribution in [0.25, 0.3) is 0 Å². The van der Waals surface area contributed by atoms with E-state index >= 15 is 0 Å². The lowest BCUT2D eigenvalue weighted by Crippen LogP contribution is -2.22. The van der Waals surface area contributed by atoms with E-state index in [1.165, 1.54) is 11.3 Å². The highest BCUT2D eigenvalue weighted by Gasteiger charge is 2.15. The molecule has 0 radical (unpaired) electrons. The molecule has 5 nitrogen and oxygen atoms in total. The Balaban J connectivity index is 1.67. The van der Waals surface area contributed by atoms with E-state index in [0.717, 1.165) is 22.7 Å². The topological polar surface area (TPSA) is 58.4 Å². The molecular weight excluding hydrogens is 334 g/mol. The van der Waals surface area contributed by atoms with Gasteiger partial charge in [-0.05, 0) is 50.7 Å². The Morgan fingerprint density at radius 3 is 2.88 bits per heavy atom. The van der Waals surface area contributed by atoms with E-state index < -0.39 is 0 Å². The summed E-state index contributed by atoms with van der Waals surface area (Å²) in [4.78, 5) is 19.8. The van der Waals surface area contributed by atoms with Gasteiger partial charge in [-0.1, -0.05) is 12.1 Å². The average Bonchev–Trinajstić information content (AvgIpc) is 3.26. The summed E-state index contributed by atoms with van der Waals surface area (Å²) < 4.78 is 5.47. The molecule has 1 aromatic carbocycles. The molecule has 0 bridgehead atoms. The fourth-order valence-corrected chi connectivity index (χ4v) is 3.22. The highest BCUT2D eigenvalue weighted by atomic mass is 32.1. The molecule has 0 saturated carbocycles. The van der Waals surface area contributed by atoms with Crippen molar-refractivity contribution >= 4 is 22.4 Å². The number of carbonyl (C=O) groups excluding carboxylic acids is 1. The van der Waals surface area contributed by atoms with Crippen molar-refractivity contribution in [2.45, 2.75) is 26.4 Å². The van der Waals surface area contributed by atoms with Crippen LogP contribution in [0.1, 0.15) is 39.5 Å². The van der Waals surface area contributed by atoms with Crippen LogP contribution in [-0.2, 0) is 6.54 Å². The number of hydrogen-bond donors (Lipinski definition) is 1. The number of anilines is 1. The van der Waals surface area contributed by atoms with E-state index in [4.69, 9.17) is 4.42 Å². The first-order valence-corrected chi connectivity index (χ1v) is 8.91. The molecule has 3 aromatic rings. The van der Waals surface area contributed by atoms with E-state index in [2.05, 4.69) is 22.1 Å². The van der Waals surface area contributed by atoms with Gasteiger partial charge in [0, 0.05) is 23.2 Å². The summed E-state index contributed by atoms with van der Waals surface area (Å²) in [5.74, 6) is 0.786. The van der Waals surface area contributed by atoms with Gasteiger partial charge in [0.15, 0.2) is 5.13 Å². The number of nitrogens with zero attached hydrogens (tertiary/aromatic N) is 2. The van der Waals surface area contributed by atoms with E-state index in [0.29, 0.717) is 10.7 Å². The maximum atomic E-state index is 12.4. The van der Waals surface area contributed by atoms with Crippen molar-refractivity contribution in [3.05, 3.63) is 70.6 Å². The second-order valence-electron chi connectivity index (χ2n) is 6.04. The van der Waals surface area contributed by atoms with E-state index in [1.54, 1.807) is 12.5 Å². The lowest BCUT2D eigenvalue weighted by atomic mass is 10.1. The zero-order valence-electron chi connectivity index (χ0n) is 14.5. The Labute approximate surface area is 151 Å². The second kappa shape index (κ2) is 7.63. The van der Waals surface area contributed by atoms with Gasteiger partial charge in [-0.2, -0.15) is 0 Å². The molecule has 0 aliphatic heterocycles. The van der Waals surface area contributed by atoms with Crippen LogP contribution in [0.3, 0.4) is 0 Å². The van der Waals surface area contributed by atoms with Crippen molar-refractivity contribution in [3.8, 4) is 0 Å². The maximum Gasteiger partial charge on any atom is 0.257 e. The standard InChI is InChI=1S/C19H21N3O2S/c1-13-11-20-19(25-13)21-18(23)16-7-4-6-15(10-16)12-22(3)14(2)17-8-5-9-24-17/h4-11,14H,12H2,1-3H3,(H,20,21,23)/t14-/m1/s1. The summed E-state index contributed by atoms with van der Waals surface area (Å²) in [6.45, 7) is 4.78. The first-order valence-electron chi connectivity index (χ1n) is 8.09. The fourth-order valence-electron chi connectivity index (χ4n) is 2.56. The SMILES string of the molecule is Cc1cnc(NC(=O)c2cccc(CN(C)[C@H](C)c3ccco3)c2)s1. The minimum absolute atomic E-state index is 0.141. The summed E-state index contributed by atoms with van der Waals surface area (Å²) in [6.07, 6.45) is 3.44. The lowest BCUT2D eigenvalue weighted by molar-refractivity contribution is 0.102. The molecule has 1 atom stereocenters. The van der Waals surface area contributed by atoms with Crippen LogP contribution in [0.5, 0.6) is 0 Å². The molecule has 1 amide bonds. The van der Waals surface area contributed by atoms with Gasteiger partial charge in [0.2, 0.25) is 0 Å². The number of rotatable bonds is 6. The normalized spacial score (nSPS) is 12.3. The molecule has 130 valence electrons. The summed E-state index contributed by atoms with van der Waals surface area (Å²) in [7, 11) is 2.04. The molecule has 25 heavy (non-hydrogen) atoms. The van der Waals surface area contributed by atoms with Crippen molar-refractivity contribution in [3.63, 3.8) is 0 Å². The smallest absolute Gasteiger partial charge is 0.257 e. The number of thiazole rings is 1. The predicted molar refractivity (Wildman–Crippen MR) is 99.8 cm³/mol. The van der Waals surface area contributed by atoms with E-state index in [9.17, 15) is 4.79 Å². The molecule has 0 spiro atoms. The quantitative estimate of drug-likeness (QED) is 0.708. The van der Waals surface area contributed by atoms with Crippen LogP contribution < -0.4 is 5.32 Å². The van der Waals surface area contributed by atoms with Crippen LogP contribution in [0, 0.1) is 6.92 Å². The molecule has 0 aliphatic carbocycles. The van der Waals surface area contributed by atoms with Gasteiger partial charge in [-0.25, -0.2) is 4.98 Å². The monoisotopic (exact) mass is 355 g/mol. The van der Waals surface area contributed by atoms with Crippen LogP contribution in [0.15, 0.2) is 53.3 Å². The minimum atomic E-state index is -0.141. The first kappa shape index (κ1) is 17.4.